The molecular weight excluding hydrogens is 502 g/mol. The molecule has 0 bridgehead atoms. The van der Waals surface area contributed by atoms with Crippen LogP contribution in [0.5, 0.6) is 5.75 Å². The lowest BCUT2D eigenvalue weighted by Gasteiger charge is -2.30. The molecule has 0 aliphatic carbocycles. The number of carbonyl (C=O) groups excluding carboxylic acids is 2. The topological polar surface area (TPSA) is 108 Å². The normalized spacial score (nSPS) is 14.0. The van der Waals surface area contributed by atoms with Crippen molar-refractivity contribution in [1.29, 1.82) is 0 Å². The highest BCUT2D eigenvalue weighted by atomic mass is 79.9. The first kappa shape index (κ1) is 23.9. The van der Waals surface area contributed by atoms with Gasteiger partial charge < -0.3 is 25.4 Å². The molecule has 1 aliphatic rings. The van der Waals surface area contributed by atoms with Crippen molar-refractivity contribution in [2.45, 2.75) is 19.4 Å². The molecule has 32 heavy (non-hydrogen) atoms. The van der Waals surface area contributed by atoms with Gasteiger partial charge in [-0.2, -0.15) is 0 Å². The molecular formula is C22H23BrClN3O5. The number of nitrogens with zero attached hydrogens (tertiary/aromatic N) is 1. The molecule has 1 heterocycles. The second kappa shape index (κ2) is 10.7. The minimum absolute atomic E-state index is 0.241. The summed E-state index contributed by atoms with van der Waals surface area (Å²) < 4.78 is 5.82. The average Bonchev–Trinajstić information content (AvgIpc) is 2.78. The van der Waals surface area contributed by atoms with Gasteiger partial charge in [-0.05, 0) is 48.7 Å². The van der Waals surface area contributed by atoms with Gasteiger partial charge >= 0.3 is 12.0 Å². The lowest BCUT2D eigenvalue weighted by atomic mass is 9.97. The molecule has 170 valence electrons. The van der Waals surface area contributed by atoms with Crippen molar-refractivity contribution in [1.82, 2.24) is 10.2 Å². The van der Waals surface area contributed by atoms with Gasteiger partial charge in [0.25, 0.3) is 5.91 Å². The van der Waals surface area contributed by atoms with Crippen molar-refractivity contribution >= 4 is 51.1 Å². The minimum atomic E-state index is -0.838. The summed E-state index contributed by atoms with van der Waals surface area (Å²) >= 11 is 9.50. The number of hydrogen-bond acceptors (Lipinski definition) is 4. The van der Waals surface area contributed by atoms with E-state index in [2.05, 4.69) is 26.6 Å². The number of urea groups is 1. The van der Waals surface area contributed by atoms with E-state index in [1.807, 2.05) is 0 Å². The Morgan fingerprint density at radius 1 is 1.19 bits per heavy atom. The zero-order valence-corrected chi connectivity index (χ0v) is 19.7. The number of ether oxygens (including phenoxy) is 1. The molecule has 1 aliphatic heterocycles. The first-order valence-electron chi connectivity index (χ1n) is 9.97. The second-order valence-corrected chi connectivity index (χ2v) is 8.69. The summed E-state index contributed by atoms with van der Waals surface area (Å²) in [7, 11) is 1.53. The second-order valence-electron chi connectivity index (χ2n) is 7.37. The number of anilines is 1. The third kappa shape index (κ3) is 5.92. The quantitative estimate of drug-likeness (QED) is 0.520. The number of carboxylic acids is 1. The van der Waals surface area contributed by atoms with Gasteiger partial charge in [-0.15, -0.1) is 0 Å². The number of benzene rings is 2. The summed E-state index contributed by atoms with van der Waals surface area (Å²) in [5, 5.41) is 15.2. The Hall–Kier alpha value is -2.78. The molecule has 0 aromatic heterocycles. The Morgan fingerprint density at radius 2 is 1.91 bits per heavy atom. The number of methoxy groups -OCH3 is 1. The maximum Gasteiger partial charge on any atom is 0.321 e. The fourth-order valence-corrected chi connectivity index (χ4v) is 4.08. The molecule has 10 heteroatoms. The smallest absolute Gasteiger partial charge is 0.321 e. The van der Waals surface area contributed by atoms with E-state index in [0.29, 0.717) is 52.4 Å². The maximum absolute atomic E-state index is 12.9. The fourth-order valence-electron chi connectivity index (χ4n) is 3.43. The molecule has 1 fully saturated rings. The number of nitrogens with one attached hydrogen (secondary N) is 2. The van der Waals surface area contributed by atoms with E-state index >= 15 is 0 Å². The average molecular weight is 525 g/mol. The molecule has 3 rings (SSSR count). The van der Waals surface area contributed by atoms with Gasteiger partial charge in [0, 0.05) is 24.1 Å². The van der Waals surface area contributed by atoms with Gasteiger partial charge in [0.2, 0.25) is 0 Å². The molecule has 2 aromatic carbocycles. The number of carboxylic acid groups (broad SMARTS) is 1. The summed E-state index contributed by atoms with van der Waals surface area (Å²) in [6, 6.07) is 9.87. The Morgan fingerprint density at radius 3 is 2.53 bits per heavy atom. The molecule has 8 nitrogen and oxygen atoms in total. The Kier molecular flexibility index (Phi) is 7.98. The largest absolute Gasteiger partial charge is 0.495 e. The van der Waals surface area contributed by atoms with Crippen LogP contribution in [0.3, 0.4) is 0 Å². The molecule has 0 atom stereocenters. The van der Waals surface area contributed by atoms with E-state index in [1.54, 1.807) is 41.3 Å². The lowest BCUT2D eigenvalue weighted by Crippen LogP contribution is -2.42. The van der Waals surface area contributed by atoms with Gasteiger partial charge in [0.1, 0.15) is 5.75 Å². The highest BCUT2D eigenvalue weighted by molar-refractivity contribution is 9.10. The number of piperidine rings is 1. The minimum Gasteiger partial charge on any atom is -0.495 e. The Balaban J connectivity index is 1.66. The highest BCUT2D eigenvalue weighted by Crippen LogP contribution is 2.26. The van der Waals surface area contributed by atoms with Crippen LogP contribution in [-0.4, -0.2) is 48.1 Å². The SMILES string of the molecule is COc1ccc(CNC(=O)c2cc(Br)ccc2NC(=O)N2CCC(C(=O)O)CC2)cc1Cl. The van der Waals surface area contributed by atoms with Gasteiger partial charge in [0.05, 0.1) is 29.3 Å². The molecule has 0 radical (unpaired) electrons. The molecule has 3 amide bonds. The van der Waals surface area contributed by atoms with Crippen LogP contribution in [0.2, 0.25) is 5.02 Å². The predicted octanol–water partition coefficient (Wildman–Crippen LogP) is 4.37. The molecule has 1 saturated heterocycles. The van der Waals surface area contributed by atoms with Crippen molar-refractivity contribution in [2.75, 3.05) is 25.5 Å². The van der Waals surface area contributed by atoms with E-state index < -0.39 is 11.9 Å². The van der Waals surface area contributed by atoms with E-state index in [4.69, 9.17) is 21.4 Å². The van der Waals surface area contributed by atoms with Crippen molar-refractivity contribution in [2.24, 2.45) is 5.92 Å². The summed E-state index contributed by atoms with van der Waals surface area (Å²) in [5.41, 5.74) is 1.46. The zero-order valence-electron chi connectivity index (χ0n) is 17.4. The number of likely N-dealkylation sites (tertiary alicyclic amines) is 1. The summed E-state index contributed by atoms with van der Waals surface area (Å²) in [5.74, 6) is -1.08. The number of amides is 3. The third-order valence-electron chi connectivity index (χ3n) is 5.27. The van der Waals surface area contributed by atoms with Crippen LogP contribution < -0.4 is 15.4 Å². The van der Waals surface area contributed by atoms with Gasteiger partial charge in [-0.3, -0.25) is 9.59 Å². The summed E-state index contributed by atoms with van der Waals surface area (Å²) in [4.78, 5) is 38.2. The Bertz CT molecular complexity index is 1020. The van der Waals surface area contributed by atoms with Crippen molar-refractivity contribution in [3.63, 3.8) is 0 Å². The molecule has 0 spiro atoms. The zero-order chi connectivity index (χ0) is 23.3. The van der Waals surface area contributed by atoms with Crippen LogP contribution in [0.4, 0.5) is 10.5 Å². The first-order chi connectivity index (χ1) is 15.3. The number of rotatable bonds is 6. The first-order valence-corrected chi connectivity index (χ1v) is 11.1. The number of hydrogen-bond donors (Lipinski definition) is 3. The number of carbonyl (C=O) groups is 3. The van der Waals surface area contributed by atoms with Gasteiger partial charge in [0.15, 0.2) is 0 Å². The van der Waals surface area contributed by atoms with Crippen molar-refractivity contribution in [3.05, 3.63) is 57.0 Å². The van der Waals surface area contributed by atoms with E-state index in [0.717, 1.165) is 5.56 Å². The van der Waals surface area contributed by atoms with Crippen molar-refractivity contribution < 1.29 is 24.2 Å². The summed E-state index contributed by atoms with van der Waals surface area (Å²) in [6.45, 7) is 0.934. The van der Waals surface area contributed by atoms with Crippen LogP contribution in [-0.2, 0) is 11.3 Å². The standard InChI is InChI=1S/C22H23BrClN3O5/c1-32-19-5-2-13(10-17(19)24)12-25-20(28)16-11-15(23)3-4-18(16)26-22(31)27-8-6-14(7-9-27)21(29)30/h2-5,10-11,14H,6-9,12H2,1H3,(H,25,28)(H,26,31)(H,29,30). The lowest BCUT2D eigenvalue weighted by molar-refractivity contribution is -0.143. The van der Waals surface area contributed by atoms with E-state index in [-0.39, 0.29) is 18.5 Å². The third-order valence-corrected chi connectivity index (χ3v) is 6.06. The number of aliphatic carboxylic acids is 1. The van der Waals surface area contributed by atoms with E-state index in [1.165, 1.54) is 7.11 Å². The fraction of sp³-hybridized carbons (Fsp3) is 0.318. The highest BCUT2D eigenvalue weighted by Gasteiger charge is 2.27. The van der Waals surface area contributed by atoms with Crippen LogP contribution in [0.15, 0.2) is 40.9 Å². The summed E-state index contributed by atoms with van der Waals surface area (Å²) in [6.07, 6.45) is 0.807. The molecule has 0 saturated carbocycles. The van der Waals surface area contributed by atoms with E-state index in [9.17, 15) is 14.4 Å². The van der Waals surface area contributed by atoms with Crippen LogP contribution in [0, 0.1) is 5.92 Å². The maximum atomic E-state index is 12.9. The van der Waals surface area contributed by atoms with Crippen LogP contribution in [0.1, 0.15) is 28.8 Å². The number of halogens is 2. The molecule has 3 N–H and O–H groups in total. The predicted molar refractivity (Wildman–Crippen MR) is 124 cm³/mol. The van der Waals surface area contributed by atoms with Crippen molar-refractivity contribution in [3.8, 4) is 5.75 Å². The monoisotopic (exact) mass is 523 g/mol. The Labute approximate surface area is 199 Å². The molecule has 2 aromatic rings. The van der Waals surface area contributed by atoms with Crippen LogP contribution in [0.25, 0.3) is 0 Å². The van der Waals surface area contributed by atoms with Gasteiger partial charge in [-0.1, -0.05) is 33.6 Å². The van der Waals surface area contributed by atoms with Gasteiger partial charge in [-0.25, -0.2) is 4.79 Å². The molecule has 0 unspecified atom stereocenters. The van der Waals surface area contributed by atoms with Crippen LogP contribution >= 0.6 is 27.5 Å².